The Morgan fingerprint density at radius 3 is 2.76 bits per heavy atom. The van der Waals surface area contributed by atoms with Crippen LogP contribution in [0.25, 0.3) is 5.57 Å². The Hall–Kier alpha value is -3.51. The molecular weight excluding hydrogens is 366 g/mol. The van der Waals surface area contributed by atoms with Gasteiger partial charge in [-0.15, -0.1) is 0 Å². The summed E-state index contributed by atoms with van der Waals surface area (Å²) in [6.07, 6.45) is 4.59. The van der Waals surface area contributed by atoms with Gasteiger partial charge in [0, 0.05) is 24.5 Å². The van der Waals surface area contributed by atoms with Crippen molar-refractivity contribution in [2.75, 3.05) is 11.4 Å². The third kappa shape index (κ3) is 2.36. The predicted octanol–water partition coefficient (Wildman–Crippen LogP) is 2.46. The number of carbonyl (C=O) groups is 2. The lowest BCUT2D eigenvalue weighted by atomic mass is 9.91. The van der Waals surface area contributed by atoms with Crippen molar-refractivity contribution in [1.29, 1.82) is 0 Å². The summed E-state index contributed by atoms with van der Waals surface area (Å²) in [5.41, 5.74) is 7.31. The van der Waals surface area contributed by atoms with E-state index in [1.807, 2.05) is 36.5 Å². The molecule has 0 aromatic heterocycles. The van der Waals surface area contributed by atoms with Gasteiger partial charge in [-0.1, -0.05) is 30.3 Å². The van der Waals surface area contributed by atoms with Gasteiger partial charge in [0.05, 0.1) is 35.8 Å². The number of rotatable bonds is 2. The number of nitrogens with zero attached hydrogens (tertiary/aromatic N) is 2. The van der Waals surface area contributed by atoms with E-state index in [0.717, 1.165) is 35.3 Å². The van der Waals surface area contributed by atoms with Gasteiger partial charge in [0.25, 0.3) is 11.8 Å². The van der Waals surface area contributed by atoms with Crippen LogP contribution >= 0.6 is 0 Å². The fourth-order valence-corrected chi connectivity index (χ4v) is 4.57. The van der Waals surface area contributed by atoms with E-state index in [1.165, 1.54) is 5.56 Å². The molecule has 6 nitrogen and oxygen atoms in total. The van der Waals surface area contributed by atoms with Crippen molar-refractivity contribution in [3.05, 3.63) is 82.2 Å². The number of hydrogen-bond donors (Lipinski definition) is 1. The van der Waals surface area contributed by atoms with E-state index in [4.69, 9.17) is 4.74 Å². The molecule has 142 valence electrons. The highest BCUT2D eigenvalue weighted by Gasteiger charge is 2.37. The van der Waals surface area contributed by atoms with Crippen LogP contribution in [0, 0.1) is 0 Å². The molecule has 4 aliphatic heterocycles. The van der Waals surface area contributed by atoms with E-state index in [1.54, 1.807) is 6.20 Å². The molecule has 0 unspecified atom stereocenters. The summed E-state index contributed by atoms with van der Waals surface area (Å²) in [6.45, 7) is 1.98. The molecule has 0 radical (unpaired) electrons. The molecule has 4 aliphatic rings. The van der Waals surface area contributed by atoms with E-state index in [2.05, 4.69) is 21.3 Å². The molecule has 0 bridgehead atoms. The maximum atomic E-state index is 12.9. The van der Waals surface area contributed by atoms with Gasteiger partial charge in [-0.25, -0.2) is 0 Å². The normalized spacial score (nSPS) is 19.3. The van der Waals surface area contributed by atoms with Gasteiger partial charge in [-0.3, -0.25) is 19.9 Å². The molecule has 6 rings (SSSR count). The zero-order valence-electron chi connectivity index (χ0n) is 15.6. The van der Waals surface area contributed by atoms with E-state index >= 15 is 0 Å². The predicted molar refractivity (Wildman–Crippen MR) is 108 cm³/mol. The van der Waals surface area contributed by atoms with Crippen LogP contribution in [-0.4, -0.2) is 24.1 Å². The van der Waals surface area contributed by atoms with Crippen molar-refractivity contribution in [2.45, 2.75) is 19.6 Å². The van der Waals surface area contributed by atoms with Crippen LogP contribution < -0.4 is 10.2 Å². The van der Waals surface area contributed by atoms with Gasteiger partial charge in [-0.05, 0) is 34.7 Å². The number of carbonyl (C=O) groups excluding carboxylic acids is 2. The minimum Gasteiger partial charge on any atom is -0.372 e. The number of nitrogens with one attached hydrogen (secondary N) is 1. The SMILES string of the molecule is O=C1NC(=O)C(c2ccc3c(c2)COC3)=C1C1=NC=CN2CCc3cccc1c32. The summed E-state index contributed by atoms with van der Waals surface area (Å²) < 4.78 is 5.50. The van der Waals surface area contributed by atoms with Crippen LogP contribution in [-0.2, 0) is 34.0 Å². The van der Waals surface area contributed by atoms with Crippen molar-refractivity contribution in [2.24, 2.45) is 4.99 Å². The second-order valence-corrected chi connectivity index (χ2v) is 7.54. The summed E-state index contributed by atoms with van der Waals surface area (Å²) in [5.74, 6) is -0.790. The van der Waals surface area contributed by atoms with Crippen molar-refractivity contribution < 1.29 is 14.3 Å². The highest BCUT2D eigenvalue weighted by atomic mass is 16.5. The molecule has 1 N–H and O–H groups in total. The van der Waals surface area contributed by atoms with Crippen LogP contribution in [0.2, 0.25) is 0 Å². The molecule has 0 saturated heterocycles. The van der Waals surface area contributed by atoms with Crippen LogP contribution in [0.3, 0.4) is 0 Å². The fourth-order valence-electron chi connectivity index (χ4n) is 4.57. The molecule has 0 fully saturated rings. The number of para-hydroxylation sites is 1. The number of amides is 2. The van der Waals surface area contributed by atoms with Crippen molar-refractivity contribution in [3.8, 4) is 0 Å². The lowest BCUT2D eigenvalue weighted by Crippen LogP contribution is -2.25. The number of anilines is 1. The van der Waals surface area contributed by atoms with E-state index in [0.29, 0.717) is 35.6 Å². The van der Waals surface area contributed by atoms with Crippen molar-refractivity contribution >= 4 is 28.8 Å². The highest BCUT2D eigenvalue weighted by molar-refractivity contribution is 6.47. The van der Waals surface area contributed by atoms with Crippen molar-refractivity contribution in [1.82, 2.24) is 5.32 Å². The molecule has 2 aromatic carbocycles. The topological polar surface area (TPSA) is 71.0 Å². The third-order valence-corrected chi connectivity index (χ3v) is 5.91. The Labute approximate surface area is 167 Å². The average molecular weight is 383 g/mol. The van der Waals surface area contributed by atoms with Gasteiger partial charge in [0.15, 0.2) is 0 Å². The monoisotopic (exact) mass is 383 g/mol. The first kappa shape index (κ1) is 16.4. The zero-order valence-corrected chi connectivity index (χ0v) is 15.6. The number of aliphatic imine (C=N–C) groups is 1. The summed E-state index contributed by atoms with van der Waals surface area (Å²) >= 11 is 0. The first-order chi connectivity index (χ1) is 14.2. The molecule has 2 amide bonds. The Kier molecular flexibility index (Phi) is 3.40. The highest BCUT2D eigenvalue weighted by Crippen LogP contribution is 2.38. The minimum absolute atomic E-state index is 0.334. The van der Waals surface area contributed by atoms with Gasteiger partial charge in [0.1, 0.15) is 0 Å². The maximum absolute atomic E-state index is 12.9. The van der Waals surface area contributed by atoms with Gasteiger partial charge in [-0.2, -0.15) is 0 Å². The first-order valence-corrected chi connectivity index (χ1v) is 9.64. The molecule has 6 heteroatoms. The molecule has 4 heterocycles. The van der Waals surface area contributed by atoms with Gasteiger partial charge in [0.2, 0.25) is 0 Å². The number of benzene rings is 2. The van der Waals surface area contributed by atoms with Crippen LogP contribution in [0.4, 0.5) is 5.69 Å². The lowest BCUT2D eigenvalue weighted by Gasteiger charge is -2.17. The molecule has 29 heavy (non-hydrogen) atoms. The third-order valence-electron chi connectivity index (χ3n) is 5.91. The van der Waals surface area contributed by atoms with E-state index in [-0.39, 0.29) is 5.91 Å². The minimum atomic E-state index is -0.405. The molecule has 0 spiro atoms. The van der Waals surface area contributed by atoms with Gasteiger partial charge < -0.3 is 9.64 Å². The number of fused-ring (bicyclic) bond motifs is 1. The zero-order chi connectivity index (χ0) is 19.5. The second kappa shape index (κ2) is 5.99. The Bertz CT molecular complexity index is 1210. The number of hydrogen-bond acceptors (Lipinski definition) is 5. The Morgan fingerprint density at radius 2 is 1.83 bits per heavy atom. The van der Waals surface area contributed by atoms with Gasteiger partial charge >= 0.3 is 0 Å². The summed E-state index contributed by atoms with van der Waals surface area (Å²) in [5, 5.41) is 2.47. The molecular formula is C23H17N3O3. The molecule has 2 aromatic rings. The smallest absolute Gasteiger partial charge is 0.261 e. The molecule has 0 saturated carbocycles. The van der Waals surface area contributed by atoms with Crippen molar-refractivity contribution in [3.63, 3.8) is 0 Å². The Balaban J connectivity index is 1.58. The standard InChI is InChI=1S/C23H17N3O3/c27-22-18(14-4-5-15-11-29-12-16(15)10-14)19(23(28)25-22)20-17-3-1-2-13-6-8-26(21(13)17)9-7-24-20/h1-5,7,9-10H,6,8,11-12H2,(H,25,27,28). The largest absolute Gasteiger partial charge is 0.372 e. The first-order valence-electron chi connectivity index (χ1n) is 9.64. The lowest BCUT2D eigenvalue weighted by molar-refractivity contribution is -0.123. The van der Waals surface area contributed by atoms with E-state index < -0.39 is 5.91 Å². The average Bonchev–Trinajstić information content (AvgIpc) is 3.38. The maximum Gasteiger partial charge on any atom is 0.261 e. The summed E-state index contributed by atoms with van der Waals surface area (Å²) in [4.78, 5) is 32.4. The number of imide groups is 1. The number of ether oxygens (including phenoxy) is 1. The second-order valence-electron chi connectivity index (χ2n) is 7.54. The van der Waals surface area contributed by atoms with E-state index in [9.17, 15) is 9.59 Å². The summed E-state index contributed by atoms with van der Waals surface area (Å²) in [7, 11) is 0. The van der Waals surface area contributed by atoms with Crippen LogP contribution in [0.1, 0.15) is 27.8 Å². The summed E-state index contributed by atoms with van der Waals surface area (Å²) in [6, 6.07) is 11.9. The fraction of sp³-hybridized carbons (Fsp3) is 0.174. The molecule has 0 atom stereocenters. The quantitative estimate of drug-likeness (QED) is 0.809. The van der Waals surface area contributed by atoms with Crippen LogP contribution in [0.5, 0.6) is 0 Å². The van der Waals surface area contributed by atoms with Crippen LogP contribution in [0.15, 0.2) is 59.4 Å². The molecule has 0 aliphatic carbocycles. The Morgan fingerprint density at radius 1 is 0.966 bits per heavy atom.